The van der Waals surface area contributed by atoms with Gasteiger partial charge in [-0.3, -0.25) is 9.78 Å². The van der Waals surface area contributed by atoms with Gasteiger partial charge in [-0.05, 0) is 23.8 Å². The first kappa shape index (κ1) is 14.0. The normalized spacial score (nSPS) is 10.7. The Hall–Kier alpha value is -2.42. The number of amides is 1. The molecule has 0 bridgehead atoms. The van der Waals surface area contributed by atoms with Gasteiger partial charge in [0.05, 0.1) is 0 Å². The van der Waals surface area contributed by atoms with Gasteiger partial charge in [0.1, 0.15) is 0 Å². The lowest BCUT2D eigenvalue weighted by Crippen LogP contribution is -2.27. The van der Waals surface area contributed by atoms with E-state index in [-0.39, 0.29) is 5.91 Å². The molecule has 0 radical (unpaired) electrons. The Morgan fingerprint density at radius 2 is 1.90 bits per heavy atom. The summed E-state index contributed by atoms with van der Waals surface area (Å²) >= 11 is 0. The van der Waals surface area contributed by atoms with Gasteiger partial charge in [0, 0.05) is 38.0 Å². The predicted molar refractivity (Wildman–Crippen MR) is 81.1 cm³/mol. The second-order valence-electron chi connectivity index (χ2n) is 4.57. The van der Waals surface area contributed by atoms with Gasteiger partial charge in [-0.15, -0.1) is 0 Å². The molecule has 1 aromatic carbocycles. The average molecular weight is 266 g/mol. The number of likely N-dealkylation sites (N-methyl/N-ethyl adjacent to an activating group) is 1. The maximum Gasteiger partial charge on any atom is 0.246 e. The number of pyridine rings is 1. The summed E-state index contributed by atoms with van der Waals surface area (Å²) in [4.78, 5) is 17.9. The summed E-state index contributed by atoms with van der Waals surface area (Å²) in [5, 5.41) is 0. The van der Waals surface area contributed by atoms with Crippen molar-refractivity contribution < 1.29 is 4.79 Å². The van der Waals surface area contributed by atoms with E-state index in [9.17, 15) is 4.79 Å². The van der Waals surface area contributed by atoms with Gasteiger partial charge in [0.2, 0.25) is 5.91 Å². The number of carbonyl (C=O) groups excluding carboxylic acids is 1. The first-order valence-corrected chi connectivity index (χ1v) is 6.64. The molecular formula is C17H18N2O. The van der Waals surface area contributed by atoms with Gasteiger partial charge < -0.3 is 4.90 Å². The predicted octanol–water partition coefficient (Wildman–Crippen LogP) is 2.80. The molecule has 2 aromatic rings. The molecule has 0 N–H and O–H groups in total. The zero-order valence-corrected chi connectivity index (χ0v) is 11.6. The third-order valence-corrected chi connectivity index (χ3v) is 3.02. The van der Waals surface area contributed by atoms with Gasteiger partial charge in [0.15, 0.2) is 0 Å². The Kier molecular flexibility index (Phi) is 5.07. The Morgan fingerprint density at radius 1 is 1.15 bits per heavy atom. The standard InChI is InChI=1S/C17H18N2O/c1-19(14-12-16-9-5-6-13-18-16)17(20)11-10-15-7-3-2-4-8-15/h2-11,13H,12,14H2,1H3/b11-10+. The fourth-order valence-electron chi connectivity index (χ4n) is 1.80. The summed E-state index contributed by atoms with van der Waals surface area (Å²) in [6.07, 6.45) is 5.97. The Balaban J connectivity index is 1.85. The van der Waals surface area contributed by atoms with Crippen LogP contribution >= 0.6 is 0 Å². The van der Waals surface area contributed by atoms with Crippen LogP contribution in [-0.4, -0.2) is 29.4 Å². The largest absolute Gasteiger partial charge is 0.342 e. The fraction of sp³-hybridized carbons (Fsp3) is 0.176. The number of rotatable bonds is 5. The smallest absolute Gasteiger partial charge is 0.246 e. The second-order valence-corrected chi connectivity index (χ2v) is 4.57. The van der Waals surface area contributed by atoms with Crippen molar-refractivity contribution in [2.45, 2.75) is 6.42 Å². The number of hydrogen-bond donors (Lipinski definition) is 0. The Bertz CT molecular complexity index is 564. The van der Waals surface area contributed by atoms with Gasteiger partial charge in [-0.1, -0.05) is 36.4 Å². The van der Waals surface area contributed by atoms with Crippen LogP contribution in [0.3, 0.4) is 0 Å². The summed E-state index contributed by atoms with van der Waals surface area (Å²) in [7, 11) is 1.81. The van der Waals surface area contributed by atoms with Crippen LogP contribution < -0.4 is 0 Å². The van der Waals surface area contributed by atoms with E-state index in [1.54, 1.807) is 24.2 Å². The molecule has 102 valence electrons. The number of aromatic nitrogens is 1. The molecule has 0 unspecified atom stereocenters. The molecule has 0 spiro atoms. The van der Waals surface area contributed by atoms with E-state index in [0.29, 0.717) is 6.54 Å². The van der Waals surface area contributed by atoms with E-state index in [4.69, 9.17) is 0 Å². The van der Waals surface area contributed by atoms with Crippen LogP contribution in [0.15, 0.2) is 60.8 Å². The maximum atomic E-state index is 12.0. The third-order valence-electron chi connectivity index (χ3n) is 3.02. The quantitative estimate of drug-likeness (QED) is 0.780. The molecule has 2 rings (SSSR count). The van der Waals surface area contributed by atoms with Crippen molar-refractivity contribution in [2.75, 3.05) is 13.6 Å². The lowest BCUT2D eigenvalue weighted by molar-refractivity contribution is -0.124. The van der Waals surface area contributed by atoms with Crippen molar-refractivity contribution in [3.05, 3.63) is 72.1 Å². The molecule has 3 heteroatoms. The Morgan fingerprint density at radius 3 is 2.60 bits per heavy atom. The van der Waals surface area contributed by atoms with E-state index in [0.717, 1.165) is 17.7 Å². The molecule has 0 atom stereocenters. The lowest BCUT2D eigenvalue weighted by Gasteiger charge is -2.14. The lowest BCUT2D eigenvalue weighted by atomic mass is 10.2. The van der Waals surface area contributed by atoms with Crippen LogP contribution in [0.1, 0.15) is 11.3 Å². The molecule has 1 heterocycles. The molecule has 3 nitrogen and oxygen atoms in total. The highest BCUT2D eigenvalue weighted by atomic mass is 16.2. The number of carbonyl (C=O) groups is 1. The van der Waals surface area contributed by atoms with Crippen molar-refractivity contribution >= 4 is 12.0 Å². The van der Waals surface area contributed by atoms with Gasteiger partial charge in [-0.2, -0.15) is 0 Å². The van der Waals surface area contributed by atoms with Crippen LogP contribution in [-0.2, 0) is 11.2 Å². The minimum absolute atomic E-state index is 0.00443. The molecule has 1 amide bonds. The molecule has 0 saturated heterocycles. The maximum absolute atomic E-state index is 12.0. The number of nitrogens with zero attached hydrogens (tertiary/aromatic N) is 2. The molecule has 20 heavy (non-hydrogen) atoms. The van der Waals surface area contributed by atoms with Crippen LogP contribution in [0.5, 0.6) is 0 Å². The van der Waals surface area contributed by atoms with Crippen molar-refractivity contribution in [1.29, 1.82) is 0 Å². The number of hydrogen-bond acceptors (Lipinski definition) is 2. The zero-order chi connectivity index (χ0) is 14.2. The van der Waals surface area contributed by atoms with E-state index in [1.807, 2.05) is 54.6 Å². The topological polar surface area (TPSA) is 33.2 Å². The van der Waals surface area contributed by atoms with Crippen LogP contribution in [0, 0.1) is 0 Å². The second kappa shape index (κ2) is 7.24. The van der Waals surface area contributed by atoms with E-state index in [2.05, 4.69) is 4.98 Å². The monoisotopic (exact) mass is 266 g/mol. The summed E-state index contributed by atoms with van der Waals surface area (Å²) in [6, 6.07) is 15.6. The minimum Gasteiger partial charge on any atom is -0.342 e. The summed E-state index contributed by atoms with van der Waals surface area (Å²) in [6.45, 7) is 0.662. The van der Waals surface area contributed by atoms with Crippen molar-refractivity contribution in [3.63, 3.8) is 0 Å². The van der Waals surface area contributed by atoms with Crippen molar-refractivity contribution in [1.82, 2.24) is 9.88 Å². The summed E-state index contributed by atoms with van der Waals surface area (Å²) in [5.41, 5.74) is 2.03. The Labute approximate surface area is 119 Å². The molecule has 0 saturated carbocycles. The number of benzene rings is 1. The van der Waals surface area contributed by atoms with Gasteiger partial charge in [-0.25, -0.2) is 0 Å². The SMILES string of the molecule is CN(CCc1ccccn1)C(=O)/C=C/c1ccccc1. The minimum atomic E-state index is 0.00443. The van der Waals surface area contributed by atoms with E-state index in [1.165, 1.54) is 0 Å². The van der Waals surface area contributed by atoms with E-state index >= 15 is 0 Å². The average Bonchev–Trinajstić information content (AvgIpc) is 2.52. The van der Waals surface area contributed by atoms with Crippen LogP contribution in [0.2, 0.25) is 0 Å². The van der Waals surface area contributed by atoms with Gasteiger partial charge >= 0.3 is 0 Å². The zero-order valence-electron chi connectivity index (χ0n) is 11.6. The van der Waals surface area contributed by atoms with Crippen molar-refractivity contribution in [2.24, 2.45) is 0 Å². The molecular weight excluding hydrogens is 248 g/mol. The van der Waals surface area contributed by atoms with E-state index < -0.39 is 0 Å². The third kappa shape index (κ3) is 4.35. The summed E-state index contributed by atoms with van der Waals surface area (Å²) in [5.74, 6) is 0.00443. The first-order valence-electron chi connectivity index (χ1n) is 6.64. The van der Waals surface area contributed by atoms with Crippen LogP contribution in [0.25, 0.3) is 6.08 Å². The molecule has 1 aromatic heterocycles. The van der Waals surface area contributed by atoms with Crippen molar-refractivity contribution in [3.8, 4) is 0 Å². The molecule has 0 fully saturated rings. The molecule has 0 aliphatic rings. The first-order chi connectivity index (χ1) is 9.75. The molecule has 0 aliphatic carbocycles. The van der Waals surface area contributed by atoms with Gasteiger partial charge in [0.25, 0.3) is 0 Å². The highest BCUT2D eigenvalue weighted by Crippen LogP contribution is 2.02. The summed E-state index contributed by atoms with van der Waals surface area (Å²) < 4.78 is 0. The fourth-order valence-corrected chi connectivity index (χ4v) is 1.80. The van der Waals surface area contributed by atoms with Crippen LogP contribution in [0.4, 0.5) is 0 Å². The highest BCUT2D eigenvalue weighted by molar-refractivity contribution is 5.91. The molecule has 0 aliphatic heterocycles. The highest BCUT2D eigenvalue weighted by Gasteiger charge is 2.05.